The molecule has 1 aliphatic rings. The summed E-state index contributed by atoms with van der Waals surface area (Å²) in [5.74, 6) is 0. The SMILES string of the molecule is CC.CN(Cc1ccc(Cl)cc1)C1CCCCC1. The van der Waals surface area contributed by atoms with E-state index in [1.807, 2.05) is 26.0 Å². The first-order chi connectivity index (χ1) is 8.75. The van der Waals surface area contributed by atoms with E-state index in [0.717, 1.165) is 17.6 Å². The fourth-order valence-electron chi connectivity index (χ4n) is 2.53. The number of rotatable bonds is 3. The van der Waals surface area contributed by atoms with Crippen LogP contribution < -0.4 is 0 Å². The molecule has 0 unspecified atom stereocenters. The summed E-state index contributed by atoms with van der Waals surface area (Å²) in [5.41, 5.74) is 1.36. The number of nitrogens with zero attached hydrogens (tertiary/aromatic N) is 1. The second kappa shape index (κ2) is 8.55. The second-order valence-electron chi connectivity index (χ2n) is 4.83. The predicted octanol–water partition coefficient (Wildman–Crippen LogP) is 5.13. The maximum absolute atomic E-state index is 5.88. The lowest BCUT2D eigenvalue weighted by Crippen LogP contribution is -2.32. The molecule has 1 nitrogen and oxygen atoms in total. The quantitative estimate of drug-likeness (QED) is 0.734. The summed E-state index contributed by atoms with van der Waals surface area (Å²) >= 11 is 5.88. The molecule has 0 saturated heterocycles. The van der Waals surface area contributed by atoms with Crippen LogP contribution in [0, 0.1) is 0 Å². The zero-order valence-electron chi connectivity index (χ0n) is 12.0. The molecule has 0 heterocycles. The Labute approximate surface area is 117 Å². The van der Waals surface area contributed by atoms with Crippen molar-refractivity contribution >= 4 is 11.6 Å². The summed E-state index contributed by atoms with van der Waals surface area (Å²) in [6.45, 7) is 5.04. The molecule has 102 valence electrons. The molecule has 18 heavy (non-hydrogen) atoms. The molecule has 0 spiro atoms. The molecule has 1 aromatic carbocycles. The summed E-state index contributed by atoms with van der Waals surface area (Å²) in [7, 11) is 2.24. The topological polar surface area (TPSA) is 3.24 Å². The largest absolute Gasteiger partial charge is 0.299 e. The molecular formula is C16H26ClN. The molecule has 2 heteroatoms. The molecule has 0 bridgehead atoms. The van der Waals surface area contributed by atoms with Crippen molar-refractivity contribution in [2.24, 2.45) is 0 Å². The van der Waals surface area contributed by atoms with Crippen LogP contribution in [0.4, 0.5) is 0 Å². The van der Waals surface area contributed by atoms with Gasteiger partial charge in [0.25, 0.3) is 0 Å². The van der Waals surface area contributed by atoms with Crippen LogP contribution in [0.2, 0.25) is 5.02 Å². The maximum atomic E-state index is 5.88. The van der Waals surface area contributed by atoms with Crippen molar-refractivity contribution in [3.63, 3.8) is 0 Å². The molecule has 1 aliphatic carbocycles. The third-order valence-electron chi connectivity index (χ3n) is 3.54. The monoisotopic (exact) mass is 267 g/mol. The fourth-order valence-corrected chi connectivity index (χ4v) is 2.65. The molecule has 0 N–H and O–H groups in total. The smallest absolute Gasteiger partial charge is 0.0406 e. The van der Waals surface area contributed by atoms with Crippen molar-refractivity contribution in [2.45, 2.75) is 58.5 Å². The van der Waals surface area contributed by atoms with Gasteiger partial charge < -0.3 is 0 Å². The highest BCUT2D eigenvalue weighted by Crippen LogP contribution is 2.23. The van der Waals surface area contributed by atoms with Gasteiger partial charge in [0.05, 0.1) is 0 Å². The number of benzene rings is 1. The van der Waals surface area contributed by atoms with Crippen LogP contribution in [-0.2, 0) is 6.54 Å². The highest BCUT2D eigenvalue weighted by atomic mass is 35.5. The first-order valence-electron chi connectivity index (χ1n) is 7.20. The Morgan fingerprint density at radius 3 is 2.17 bits per heavy atom. The Balaban J connectivity index is 0.000000771. The molecule has 0 aromatic heterocycles. The van der Waals surface area contributed by atoms with Crippen molar-refractivity contribution in [1.29, 1.82) is 0 Å². The summed E-state index contributed by atoms with van der Waals surface area (Å²) in [4.78, 5) is 2.49. The minimum Gasteiger partial charge on any atom is -0.299 e. The van der Waals surface area contributed by atoms with E-state index in [9.17, 15) is 0 Å². The van der Waals surface area contributed by atoms with Crippen LogP contribution in [0.25, 0.3) is 0 Å². The summed E-state index contributed by atoms with van der Waals surface area (Å²) in [6.07, 6.45) is 6.95. The highest BCUT2D eigenvalue weighted by molar-refractivity contribution is 6.30. The van der Waals surface area contributed by atoms with E-state index in [2.05, 4.69) is 24.1 Å². The van der Waals surface area contributed by atoms with E-state index in [0.29, 0.717) is 0 Å². The van der Waals surface area contributed by atoms with Crippen molar-refractivity contribution in [1.82, 2.24) is 4.90 Å². The van der Waals surface area contributed by atoms with Crippen LogP contribution in [0.5, 0.6) is 0 Å². The van der Waals surface area contributed by atoms with E-state index in [1.54, 1.807) is 0 Å². The van der Waals surface area contributed by atoms with Crippen LogP contribution in [0.3, 0.4) is 0 Å². The van der Waals surface area contributed by atoms with Crippen LogP contribution in [0.15, 0.2) is 24.3 Å². The Hall–Kier alpha value is -0.530. The molecule has 1 saturated carbocycles. The van der Waals surface area contributed by atoms with Crippen molar-refractivity contribution in [2.75, 3.05) is 7.05 Å². The van der Waals surface area contributed by atoms with Gasteiger partial charge in [-0.2, -0.15) is 0 Å². The number of hydrogen-bond donors (Lipinski definition) is 0. The zero-order chi connectivity index (χ0) is 13.4. The predicted molar refractivity (Wildman–Crippen MR) is 81.1 cm³/mol. The summed E-state index contributed by atoms with van der Waals surface area (Å²) in [6, 6.07) is 8.99. The first-order valence-corrected chi connectivity index (χ1v) is 7.58. The molecular weight excluding hydrogens is 242 g/mol. The second-order valence-corrected chi connectivity index (χ2v) is 5.27. The van der Waals surface area contributed by atoms with Gasteiger partial charge in [0.15, 0.2) is 0 Å². The van der Waals surface area contributed by atoms with E-state index in [4.69, 9.17) is 11.6 Å². The zero-order valence-corrected chi connectivity index (χ0v) is 12.7. The van der Waals surface area contributed by atoms with Crippen molar-refractivity contribution < 1.29 is 0 Å². The molecule has 0 amide bonds. The highest BCUT2D eigenvalue weighted by Gasteiger charge is 2.17. The van der Waals surface area contributed by atoms with Crippen LogP contribution >= 0.6 is 11.6 Å². The van der Waals surface area contributed by atoms with Crippen LogP contribution in [0.1, 0.15) is 51.5 Å². The first kappa shape index (κ1) is 15.5. The average Bonchev–Trinajstić information content (AvgIpc) is 2.44. The van der Waals surface area contributed by atoms with E-state index in [1.165, 1.54) is 37.7 Å². The molecule has 2 rings (SSSR count). The van der Waals surface area contributed by atoms with Gasteiger partial charge in [-0.3, -0.25) is 4.90 Å². The minimum absolute atomic E-state index is 0.782. The normalized spacial score (nSPS) is 16.3. The summed E-state index contributed by atoms with van der Waals surface area (Å²) < 4.78 is 0. The van der Waals surface area contributed by atoms with E-state index < -0.39 is 0 Å². The van der Waals surface area contributed by atoms with Crippen molar-refractivity contribution in [3.05, 3.63) is 34.9 Å². The minimum atomic E-state index is 0.782. The van der Waals surface area contributed by atoms with Gasteiger partial charge in [-0.1, -0.05) is 56.8 Å². The molecule has 0 atom stereocenters. The number of halogens is 1. The Morgan fingerprint density at radius 2 is 1.61 bits per heavy atom. The lowest BCUT2D eigenvalue weighted by atomic mass is 9.94. The molecule has 0 radical (unpaired) electrons. The number of hydrogen-bond acceptors (Lipinski definition) is 1. The van der Waals surface area contributed by atoms with Gasteiger partial charge in [0.2, 0.25) is 0 Å². The van der Waals surface area contributed by atoms with Gasteiger partial charge in [-0.15, -0.1) is 0 Å². The van der Waals surface area contributed by atoms with Gasteiger partial charge in [-0.05, 0) is 37.6 Å². The third kappa shape index (κ3) is 4.99. The standard InChI is InChI=1S/C14H20ClN.C2H6/c1-16(14-5-3-2-4-6-14)11-12-7-9-13(15)10-8-12;1-2/h7-10,14H,2-6,11H2,1H3;1-2H3. The molecule has 1 fully saturated rings. The lowest BCUT2D eigenvalue weighted by Gasteiger charge is -2.31. The Morgan fingerprint density at radius 1 is 1.06 bits per heavy atom. The molecule has 1 aromatic rings. The van der Waals surface area contributed by atoms with Crippen molar-refractivity contribution in [3.8, 4) is 0 Å². The Kier molecular flexibility index (Phi) is 7.38. The Bertz CT molecular complexity index is 314. The van der Waals surface area contributed by atoms with Gasteiger partial charge in [0.1, 0.15) is 0 Å². The third-order valence-corrected chi connectivity index (χ3v) is 3.80. The van der Waals surface area contributed by atoms with E-state index >= 15 is 0 Å². The lowest BCUT2D eigenvalue weighted by molar-refractivity contribution is 0.184. The average molecular weight is 268 g/mol. The fraction of sp³-hybridized carbons (Fsp3) is 0.625. The maximum Gasteiger partial charge on any atom is 0.0406 e. The van der Waals surface area contributed by atoms with Crippen LogP contribution in [-0.4, -0.2) is 18.0 Å². The summed E-state index contributed by atoms with van der Waals surface area (Å²) in [5, 5.41) is 0.823. The van der Waals surface area contributed by atoms with Gasteiger partial charge in [0, 0.05) is 17.6 Å². The van der Waals surface area contributed by atoms with Gasteiger partial charge in [-0.25, -0.2) is 0 Å². The van der Waals surface area contributed by atoms with Gasteiger partial charge >= 0.3 is 0 Å². The molecule has 0 aliphatic heterocycles. The van der Waals surface area contributed by atoms with E-state index in [-0.39, 0.29) is 0 Å².